The van der Waals surface area contributed by atoms with Crippen molar-refractivity contribution in [3.05, 3.63) is 71.1 Å². The standard InChI is InChI=1S/C19H17F2N3O/c1-12-17-10-16(21)7-2-13(17)8-9-24(12)11-18-22-19(23-25-18)14-3-5-15(20)6-4-14/h2-7,10,12H,8-9,11H2,1H3. The minimum Gasteiger partial charge on any atom is -0.338 e. The molecule has 4 rings (SSSR count). The fourth-order valence-electron chi connectivity index (χ4n) is 3.26. The van der Waals surface area contributed by atoms with Gasteiger partial charge >= 0.3 is 0 Å². The summed E-state index contributed by atoms with van der Waals surface area (Å²) in [5, 5.41) is 3.97. The summed E-state index contributed by atoms with van der Waals surface area (Å²) in [5.74, 6) is 0.404. The summed E-state index contributed by atoms with van der Waals surface area (Å²) < 4.78 is 31.9. The van der Waals surface area contributed by atoms with Crippen molar-refractivity contribution < 1.29 is 13.3 Å². The Morgan fingerprint density at radius 2 is 1.88 bits per heavy atom. The van der Waals surface area contributed by atoms with Gasteiger partial charge in [0.05, 0.1) is 6.54 Å². The fourth-order valence-corrected chi connectivity index (χ4v) is 3.26. The Labute approximate surface area is 144 Å². The van der Waals surface area contributed by atoms with Crippen LogP contribution >= 0.6 is 0 Å². The molecule has 1 aliphatic rings. The first-order chi connectivity index (χ1) is 12.1. The van der Waals surface area contributed by atoms with Crippen LogP contribution in [-0.2, 0) is 13.0 Å². The van der Waals surface area contributed by atoms with Crippen molar-refractivity contribution in [1.29, 1.82) is 0 Å². The minimum absolute atomic E-state index is 0.0700. The maximum atomic E-state index is 13.6. The normalized spacial score (nSPS) is 17.5. The third-order valence-electron chi connectivity index (χ3n) is 4.68. The Kier molecular flexibility index (Phi) is 4.05. The Balaban J connectivity index is 1.52. The molecule has 6 heteroatoms. The lowest BCUT2D eigenvalue weighted by atomic mass is 9.93. The van der Waals surface area contributed by atoms with Crippen molar-refractivity contribution in [2.75, 3.05) is 6.54 Å². The Hall–Kier alpha value is -2.60. The van der Waals surface area contributed by atoms with Gasteiger partial charge in [0.15, 0.2) is 0 Å². The predicted octanol–water partition coefficient (Wildman–Crippen LogP) is 4.13. The second-order valence-corrected chi connectivity index (χ2v) is 6.26. The minimum atomic E-state index is -0.305. The average Bonchev–Trinajstić information content (AvgIpc) is 3.07. The van der Waals surface area contributed by atoms with E-state index in [9.17, 15) is 8.78 Å². The third-order valence-corrected chi connectivity index (χ3v) is 4.68. The quantitative estimate of drug-likeness (QED) is 0.718. The number of halogens is 2. The Bertz CT molecular complexity index is 892. The van der Waals surface area contributed by atoms with Crippen LogP contribution in [0.15, 0.2) is 47.0 Å². The van der Waals surface area contributed by atoms with Crippen molar-refractivity contribution >= 4 is 0 Å². The number of hydrogen-bond acceptors (Lipinski definition) is 4. The summed E-state index contributed by atoms with van der Waals surface area (Å²) in [6, 6.07) is 11.0. The van der Waals surface area contributed by atoms with Gasteiger partial charge in [-0.3, -0.25) is 4.90 Å². The topological polar surface area (TPSA) is 42.2 Å². The molecule has 1 aliphatic heterocycles. The van der Waals surface area contributed by atoms with Crippen LogP contribution in [0.2, 0.25) is 0 Å². The van der Waals surface area contributed by atoms with E-state index in [4.69, 9.17) is 4.52 Å². The molecule has 0 N–H and O–H groups in total. The van der Waals surface area contributed by atoms with E-state index >= 15 is 0 Å². The molecule has 25 heavy (non-hydrogen) atoms. The van der Waals surface area contributed by atoms with Gasteiger partial charge < -0.3 is 4.52 Å². The van der Waals surface area contributed by atoms with Crippen LogP contribution < -0.4 is 0 Å². The monoisotopic (exact) mass is 341 g/mol. The number of hydrogen-bond donors (Lipinski definition) is 0. The molecule has 2 aromatic carbocycles. The molecule has 0 fully saturated rings. The lowest BCUT2D eigenvalue weighted by Gasteiger charge is -2.34. The molecule has 4 nitrogen and oxygen atoms in total. The zero-order valence-corrected chi connectivity index (χ0v) is 13.7. The first-order valence-corrected chi connectivity index (χ1v) is 8.21. The molecule has 0 aliphatic carbocycles. The average molecular weight is 341 g/mol. The maximum Gasteiger partial charge on any atom is 0.241 e. The summed E-state index contributed by atoms with van der Waals surface area (Å²) in [4.78, 5) is 6.58. The van der Waals surface area contributed by atoms with E-state index < -0.39 is 0 Å². The highest BCUT2D eigenvalue weighted by Crippen LogP contribution is 2.31. The van der Waals surface area contributed by atoms with Crippen molar-refractivity contribution in [2.45, 2.75) is 25.9 Å². The SMILES string of the molecule is CC1c2cc(F)ccc2CCN1Cc1nc(-c2ccc(F)cc2)no1. The smallest absolute Gasteiger partial charge is 0.241 e. The van der Waals surface area contributed by atoms with E-state index in [-0.39, 0.29) is 17.7 Å². The van der Waals surface area contributed by atoms with Gasteiger partial charge in [0.1, 0.15) is 11.6 Å². The Morgan fingerprint density at radius 1 is 1.12 bits per heavy atom. The molecule has 2 heterocycles. The Morgan fingerprint density at radius 3 is 2.68 bits per heavy atom. The predicted molar refractivity (Wildman–Crippen MR) is 88.6 cm³/mol. The van der Waals surface area contributed by atoms with E-state index in [1.54, 1.807) is 18.2 Å². The number of nitrogens with zero attached hydrogens (tertiary/aromatic N) is 3. The first kappa shape index (κ1) is 15.9. The van der Waals surface area contributed by atoms with Gasteiger partial charge in [-0.2, -0.15) is 4.98 Å². The molecule has 1 atom stereocenters. The van der Waals surface area contributed by atoms with Gasteiger partial charge in [0, 0.05) is 18.2 Å². The van der Waals surface area contributed by atoms with Crippen molar-refractivity contribution in [3.63, 3.8) is 0 Å². The summed E-state index contributed by atoms with van der Waals surface area (Å²) >= 11 is 0. The van der Waals surface area contributed by atoms with Gasteiger partial charge in [0.25, 0.3) is 0 Å². The highest BCUT2D eigenvalue weighted by Gasteiger charge is 2.25. The largest absolute Gasteiger partial charge is 0.338 e. The molecule has 0 bridgehead atoms. The van der Waals surface area contributed by atoms with Crippen LogP contribution in [-0.4, -0.2) is 21.6 Å². The molecule has 0 saturated heterocycles. The molecule has 0 radical (unpaired) electrons. The number of benzene rings is 2. The summed E-state index contributed by atoms with van der Waals surface area (Å²) in [7, 11) is 0. The van der Waals surface area contributed by atoms with Crippen LogP contribution in [0.25, 0.3) is 11.4 Å². The van der Waals surface area contributed by atoms with E-state index in [1.807, 2.05) is 6.07 Å². The second kappa shape index (κ2) is 6.37. The van der Waals surface area contributed by atoms with Gasteiger partial charge in [-0.25, -0.2) is 8.78 Å². The van der Waals surface area contributed by atoms with Crippen LogP contribution in [0.1, 0.15) is 30.0 Å². The molecule has 0 amide bonds. The summed E-state index contributed by atoms with van der Waals surface area (Å²) in [5.41, 5.74) is 2.89. The lowest BCUT2D eigenvalue weighted by Crippen LogP contribution is -2.33. The maximum absolute atomic E-state index is 13.6. The number of aromatic nitrogens is 2. The zero-order valence-electron chi connectivity index (χ0n) is 13.7. The van der Waals surface area contributed by atoms with Gasteiger partial charge in [0.2, 0.25) is 11.7 Å². The van der Waals surface area contributed by atoms with E-state index in [1.165, 1.54) is 23.8 Å². The van der Waals surface area contributed by atoms with Crippen molar-refractivity contribution in [2.24, 2.45) is 0 Å². The van der Waals surface area contributed by atoms with Gasteiger partial charge in [-0.15, -0.1) is 0 Å². The summed E-state index contributed by atoms with van der Waals surface area (Å²) in [6.07, 6.45) is 0.860. The number of rotatable bonds is 3. The molecule has 0 spiro atoms. The molecule has 1 unspecified atom stereocenters. The molecular formula is C19H17F2N3O. The van der Waals surface area contributed by atoms with E-state index in [0.717, 1.165) is 18.5 Å². The van der Waals surface area contributed by atoms with Crippen LogP contribution in [0.3, 0.4) is 0 Å². The van der Waals surface area contributed by atoms with Crippen LogP contribution in [0.5, 0.6) is 0 Å². The van der Waals surface area contributed by atoms with Crippen LogP contribution in [0.4, 0.5) is 8.78 Å². The molecule has 0 saturated carbocycles. The van der Waals surface area contributed by atoms with Crippen molar-refractivity contribution in [3.8, 4) is 11.4 Å². The van der Waals surface area contributed by atoms with Gasteiger partial charge in [-0.05, 0) is 60.9 Å². The van der Waals surface area contributed by atoms with E-state index in [2.05, 4.69) is 22.0 Å². The first-order valence-electron chi connectivity index (χ1n) is 8.21. The molecule has 1 aromatic heterocycles. The van der Waals surface area contributed by atoms with Gasteiger partial charge in [-0.1, -0.05) is 11.2 Å². The molecular weight excluding hydrogens is 324 g/mol. The second-order valence-electron chi connectivity index (χ2n) is 6.26. The fraction of sp³-hybridized carbons (Fsp3) is 0.263. The van der Waals surface area contributed by atoms with Crippen LogP contribution in [0, 0.1) is 11.6 Å². The van der Waals surface area contributed by atoms with Crippen molar-refractivity contribution in [1.82, 2.24) is 15.0 Å². The lowest BCUT2D eigenvalue weighted by molar-refractivity contribution is 0.165. The highest BCUT2D eigenvalue weighted by atomic mass is 19.1. The highest BCUT2D eigenvalue weighted by molar-refractivity contribution is 5.53. The third kappa shape index (κ3) is 3.17. The zero-order chi connectivity index (χ0) is 17.4. The molecule has 3 aromatic rings. The summed E-state index contributed by atoms with van der Waals surface area (Å²) in [6.45, 7) is 3.38. The molecule has 128 valence electrons. The van der Waals surface area contributed by atoms with E-state index in [0.29, 0.717) is 23.8 Å². The number of fused-ring (bicyclic) bond motifs is 1.